The summed E-state index contributed by atoms with van der Waals surface area (Å²) < 4.78 is 12.7. The summed E-state index contributed by atoms with van der Waals surface area (Å²) in [5, 5.41) is 14.3. The highest BCUT2D eigenvalue weighted by molar-refractivity contribution is 5.98. The van der Waals surface area contributed by atoms with Crippen molar-refractivity contribution >= 4 is 29.1 Å². The Labute approximate surface area is 183 Å². The number of rotatable bonds is 6. The van der Waals surface area contributed by atoms with Crippen LogP contribution >= 0.6 is 0 Å². The van der Waals surface area contributed by atoms with E-state index in [4.69, 9.17) is 9.15 Å². The van der Waals surface area contributed by atoms with Crippen molar-refractivity contribution in [1.82, 2.24) is 9.99 Å². The summed E-state index contributed by atoms with van der Waals surface area (Å²) in [6.07, 6.45) is 1.52. The minimum absolute atomic E-state index is 0.113. The molecule has 0 bridgehead atoms. The molecule has 8 heteroatoms. The highest BCUT2D eigenvalue weighted by Gasteiger charge is 2.17. The van der Waals surface area contributed by atoms with Crippen LogP contribution in [-0.2, 0) is 0 Å². The lowest BCUT2D eigenvalue weighted by Crippen LogP contribution is -2.16. The number of fused-ring (bicyclic) bond motifs is 1. The zero-order chi connectivity index (χ0) is 22.8. The van der Waals surface area contributed by atoms with E-state index in [9.17, 15) is 14.7 Å². The molecule has 2 heterocycles. The molecule has 32 heavy (non-hydrogen) atoms. The molecule has 0 aliphatic carbocycles. The van der Waals surface area contributed by atoms with Gasteiger partial charge in [0.05, 0.1) is 24.6 Å². The van der Waals surface area contributed by atoms with E-state index in [1.165, 1.54) is 13.3 Å². The fraction of sp³-hybridized carbons (Fsp3) is 0.125. The molecule has 0 unspecified atom stereocenters. The van der Waals surface area contributed by atoms with Crippen molar-refractivity contribution in [2.24, 2.45) is 5.10 Å². The van der Waals surface area contributed by atoms with E-state index in [0.29, 0.717) is 17.0 Å². The minimum atomic E-state index is -1.00. The number of carbonyl (C=O) groups is 2. The molecule has 0 radical (unpaired) electrons. The van der Waals surface area contributed by atoms with E-state index in [0.717, 1.165) is 22.3 Å². The van der Waals surface area contributed by atoms with Crippen molar-refractivity contribution in [2.45, 2.75) is 13.8 Å². The second-order valence-corrected chi connectivity index (χ2v) is 7.17. The first-order chi connectivity index (χ1) is 15.4. The fourth-order valence-electron chi connectivity index (χ4n) is 3.66. The molecule has 0 spiro atoms. The van der Waals surface area contributed by atoms with E-state index in [-0.39, 0.29) is 11.3 Å². The van der Waals surface area contributed by atoms with Crippen LogP contribution in [0.25, 0.3) is 16.7 Å². The fourth-order valence-corrected chi connectivity index (χ4v) is 3.66. The summed E-state index contributed by atoms with van der Waals surface area (Å²) in [5.74, 6) is -0.843. The van der Waals surface area contributed by atoms with E-state index >= 15 is 0 Å². The average Bonchev–Trinajstić information content (AvgIpc) is 3.34. The summed E-state index contributed by atoms with van der Waals surface area (Å²) in [6.45, 7) is 3.74. The van der Waals surface area contributed by atoms with Crippen LogP contribution in [-0.4, -0.2) is 34.9 Å². The van der Waals surface area contributed by atoms with E-state index in [2.05, 4.69) is 10.5 Å². The van der Waals surface area contributed by atoms with Gasteiger partial charge in [-0.2, -0.15) is 5.10 Å². The average molecular weight is 431 g/mol. The van der Waals surface area contributed by atoms with Gasteiger partial charge in [0.25, 0.3) is 0 Å². The molecule has 0 atom stereocenters. The first kappa shape index (κ1) is 20.9. The number of hydrogen-bond acceptors (Lipinski definition) is 5. The van der Waals surface area contributed by atoms with E-state index in [1.807, 2.05) is 36.6 Å². The first-order valence-electron chi connectivity index (χ1n) is 9.82. The van der Waals surface area contributed by atoms with Gasteiger partial charge in [-0.3, -0.25) is 4.79 Å². The molecule has 0 aliphatic heterocycles. The molecule has 1 amide bonds. The van der Waals surface area contributed by atoms with Crippen LogP contribution in [0.5, 0.6) is 5.75 Å². The summed E-state index contributed by atoms with van der Waals surface area (Å²) in [6, 6.07) is 15.7. The third kappa shape index (κ3) is 3.74. The maximum atomic E-state index is 12.5. The summed E-state index contributed by atoms with van der Waals surface area (Å²) in [4.78, 5) is 24.1. The maximum absolute atomic E-state index is 12.5. The number of nitrogens with zero attached hydrogens (tertiary/aromatic N) is 2. The predicted molar refractivity (Wildman–Crippen MR) is 120 cm³/mol. The SMILES string of the molecule is COc1cccc2cc(C(=O)N/N=C\c3cc(C)n(-c4ccccc4C(=O)O)c3C)oc12. The largest absolute Gasteiger partial charge is 0.493 e. The smallest absolute Gasteiger partial charge is 0.337 e. The number of carboxylic acid groups (broad SMARTS) is 1. The van der Waals surface area contributed by atoms with Crippen molar-refractivity contribution in [3.63, 3.8) is 0 Å². The van der Waals surface area contributed by atoms with Gasteiger partial charge in [-0.05, 0) is 44.2 Å². The number of para-hydroxylation sites is 2. The van der Waals surface area contributed by atoms with Crippen molar-refractivity contribution in [2.75, 3.05) is 7.11 Å². The number of aromatic nitrogens is 1. The monoisotopic (exact) mass is 431 g/mol. The third-order valence-corrected chi connectivity index (χ3v) is 5.17. The van der Waals surface area contributed by atoms with Gasteiger partial charge in [0.2, 0.25) is 0 Å². The Morgan fingerprint density at radius 1 is 1.12 bits per heavy atom. The zero-order valence-corrected chi connectivity index (χ0v) is 17.7. The van der Waals surface area contributed by atoms with Crippen molar-refractivity contribution in [3.05, 3.63) is 82.9 Å². The number of nitrogens with one attached hydrogen (secondary N) is 1. The van der Waals surface area contributed by atoms with Gasteiger partial charge in [0.1, 0.15) is 0 Å². The van der Waals surface area contributed by atoms with Gasteiger partial charge in [0, 0.05) is 22.3 Å². The topological polar surface area (TPSA) is 106 Å². The van der Waals surface area contributed by atoms with Gasteiger partial charge in [-0.1, -0.05) is 24.3 Å². The van der Waals surface area contributed by atoms with E-state index in [1.54, 1.807) is 36.4 Å². The molecule has 0 saturated carbocycles. The number of ether oxygens (including phenoxy) is 1. The van der Waals surface area contributed by atoms with Crippen molar-refractivity contribution in [3.8, 4) is 11.4 Å². The van der Waals surface area contributed by atoms with Gasteiger partial charge < -0.3 is 18.8 Å². The first-order valence-corrected chi connectivity index (χ1v) is 9.82. The van der Waals surface area contributed by atoms with Crippen LogP contribution < -0.4 is 10.2 Å². The minimum Gasteiger partial charge on any atom is -0.493 e. The van der Waals surface area contributed by atoms with Gasteiger partial charge in [0.15, 0.2) is 17.1 Å². The molecule has 8 nitrogen and oxygen atoms in total. The highest BCUT2D eigenvalue weighted by Crippen LogP contribution is 2.28. The number of aromatic carboxylic acids is 1. The second kappa shape index (κ2) is 8.43. The van der Waals surface area contributed by atoms with Gasteiger partial charge in [-0.15, -0.1) is 0 Å². The number of carboxylic acids is 1. The number of carbonyl (C=O) groups excluding carboxylic acids is 1. The lowest BCUT2D eigenvalue weighted by molar-refractivity contribution is 0.0696. The Bertz CT molecular complexity index is 1360. The number of hydrogen-bond donors (Lipinski definition) is 2. The normalized spacial score (nSPS) is 11.2. The Kier molecular flexibility index (Phi) is 5.51. The predicted octanol–water partition coefficient (Wildman–Crippen LogP) is 4.31. The maximum Gasteiger partial charge on any atom is 0.337 e. The van der Waals surface area contributed by atoms with Crippen LogP contribution in [0, 0.1) is 13.8 Å². The molecule has 162 valence electrons. The standard InChI is InChI=1S/C24H21N3O5/c1-14-11-17(15(2)27(14)19-9-5-4-8-18(19)24(29)30)13-25-26-23(28)21-12-16-7-6-10-20(31-3)22(16)32-21/h4-13H,1-3H3,(H,26,28)(H,29,30)/b25-13-. The van der Waals surface area contributed by atoms with Crippen LogP contribution in [0.4, 0.5) is 0 Å². The van der Waals surface area contributed by atoms with Crippen molar-refractivity contribution in [1.29, 1.82) is 0 Å². The lowest BCUT2D eigenvalue weighted by Gasteiger charge is -2.12. The number of amides is 1. The Morgan fingerprint density at radius 3 is 2.66 bits per heavy atom. The molecular weight excluding hydrogens is 410 g/mol. The summed E-state index contributed by atoms with van der Waals surface area (Å²) in [5.41, 5.74) is 6.10. The Morgan fingerprint density at radius 2 is 1.91 bits per heavy atom. The highest BCUT2D eigenvalue weighted by atomic mass is 16.5. The molecule has 2 N–H and O–H groups in total. The van der Waals surface area contributed by atoms with Gasteiger partial charge in [-0.25, -0.2) is 10.2 Å². The number of aryl methyl sites for hydroxylation is 1. The third-order valence-electron chi connectivity index (χ3n) is 5.17. The quantitative estimate of drug-likeness (QED) is 0.350. The van der Waals surface area contributed by atoms with Crippen LogP contribution in [0.1, 0.15) is 37.9 Å². The van der Waals surface area contributed by atoms with Crippen LogP contribution in [0.3, 0.4) is 0 Å². The molecule has 0 saturated heterocycles. The Balaban J connectivity index is 1.57. The zero-order valence-electron chi connectivity index (χ0n) is 17.7. The number of furan rings is 1. The molecule has 0 aliphatic rings. The molecular formula is C24H21N3O5. The molecule has 4 aromatic rings. The molecule has 2 aromatic carbocycles. The van der Waals surface area contributed by atoms with Crippen molar-refractivity contribution < 1.29 is 23.8 Å². The van der Waals surface area contributed by atoms with Crippen LogP contribution in [0.15, 0.2) is 64.1 Å². The molecule has 2 aromatic heterocycles. The second-order valence-electron chi connectivity index (χ2n) is 7.17. The molecule has 0 fully saturated rings. The summed E-state index contributed by atoms with van der Waals surface area (Å²) in [7, 11) is 1.53. The lowest BCUT2D eigenvalue weighted by atomic mass is 10.1. The van der Waals surface area contributed by atoms with Gasteiger partial charge >= 0.3 is 11.9 Å². The number of hydrazone groups is 1. The molecule has 4 rings (SSSR count). The number of benzene rings is 2. The Hall–Kier alpha value is -4.33. The van der Waals surface area contributed by atoms with E-state index < -0.39 is 11.9 Å². The number of methoxy groups -OCH3 is 1. The van der Waals surface area contributed by atoms with Crippen LogP contribution in [0.2, 0.25) is 0 Å². The summed E-state index contributed by atoms with van der Waals surface area (Å²) >= 11 is 0.